The van der Waals surface area contributed by atoms with Gasteiger partial charge in [0.05, 0.1) is 11.0 Å². The van der Waals surface area contributed by atoms with Gasteiger partial charge in [-0.05, 0) is 64.4 Å². The van der Waals surface area contributed by atoms with Crippen molar-refractivity contribution in [2.75, 3.05) is 5.73 Å². The minimum atomic E-state index is 0.791. The molecule has 0 aliphatic rings. The van der Waals surface area contributed by atoms with Gasteiger partial charge in [0.2, 0.25) is 0 Å². The van der Waals surface area contributed by atoms with E-state index in [4.69, 9.17) is 5.73 Å². The number of para-hydroxylation sites is 2. The van der Waals surface area contributed by atoms with Crippen LogP contribution in [0.3, 0.4) is 0 Å². The van der Waals surface area contributed by atoms with E-state index in [0.29, 0.717) is 0 Å². The monoisotopic (exact) mass is 335 g/mol. The second kappa shape index (κ2) is 5.74. The van der Waals surface area contributed by atoms with Crippen molar-refractivity contribution < 1.29 is 0 Å². The number of benzene rings is 4. The molecule has 0 saturated carbocycles. The second-order valence-corrected chi connectivity index (χ2v) is 6.47. The summed E-state index contributed by atoms with van der Waals surface area (Å²) in [5.74, 6) is 0. The summed E-state index contributed by atoms with van der Waals surface area (Å²) in [6.45, 7) is 0. The molecule has 0 unspecified atom stereocenters. The van der Waals surface area contributed by atoms with Crippen molar-refractivity contribution in [1.82, 2.24) is 9.55 Å². The Labute approximate surface area is 151 Å². The minimum Gasteiger partial charge on any atom is -0.399 e. The van der Waals surface area contributed by atoms with Gasteiger partial charge >= 0.3 is 0 Å². The third-order valence-corrected chi connectivity index (χ3v) is 4.78. The molecule has 5 rings (SSSR count). The quantitative estimate of drug-likeness (QED) is 0.437. The number of aromatic nitrogens is 2. The predicted molar refractivity (Wildman–Crippen MR) is 108 cm³/mol. The molecule has 3 heteroatoms. The number of rotatable bonds is 2. The van der Waals surface area contributed by atoms with E-state index in [1.807, 2.05) is 36.7 Å². The number of hydrogen-bond acceptors (Lipinski definition) is 2. The molecule has 0 aliphatic heterocycles. The lowest BCUT2D eigenvalue weighted by Crippen LogP contribution is -1.92. The first-order valence-corrected chi connectivity index (χ1v) is 8.60. The van der Waals surface area contributed by atoms with Gasteiger partial charge in [-0.2, -0.15) is 0 Å². The molecule has 1 heterocycles. The highest BCUT2D eigenvalue weighted by Gasteiger charge is 2.06. The smallest absolute Gasteiger partial charge is 0.100 e. The Morgan fingerprint density at radius 1 is 0.692 bits per heavy atom. The van der Waals surface area contributed by atoms with Crippen molar-refractivity contribution in [1.29, 1.82) is 0 Å². The standard InChI is InChI=1S/C23H17N3/c24-20-11-10-18-12-17(8-9-19(18)13-20)16-4-3-5-21(14-16)26-15-25-22-6-1-2-7-23(22)26/h1-15H,24H2. The molecule has 0 bridgehead atoms. The zero-order valence-corrected chi connectivity index (χ0v) is 14.1. The Balaban J connectivity index is 1.63. The van der Waals surface area contributed by atoms with Crippen molar-refractivity contribution in [3.05, 3.63) is 91.3 Å². The van der Waals surface area contributed by atoms with Crippen LogP contribution >= 0.6 is 0 Å². The number of imidazole rings is 1. The van der Waals surface area contributed by atoms with Crippen molar-refractivity contribution in [2.45, 2.75) is 0 Å². The lowest BCUT2D eigenvalue weighted by atomic mass is 10.0. The van der Waals surface area contributed by atoms with Gasteiger partial charge in [0, 0.05) is 11.4 Å². The lowest BCUT2D eigenvalue weighted by molar-refractivity contribution is 1.09. The topological polar surface area (TPSA) is 43.8 Å². The number of anilines is 1. The molecule has 26 heavy (non-hydrogen) atoms. The maximum Gasteiger partial charge on any atom is 0.100 e. The van der Waals surface area contributed by atoms with E-state index < -0.39 is 0 Å². The van der Waals surface area contributed by atoms with Crippen LogP contribution in [0.15, 0.2) is 91.3 Å². The average molecular weight is 335 g/mol. The Bertz CT molecular complexity index is 1250. The van der Waals surface area contributed by atoms with E-state index in [0.717, 1.165) is 27.8 Å². The Morgan fingerprint density at radius 3 is 2.46 bits per heavy atom. The highest BCUT2D eigenvalue weighted by atomic mass is 15.0. The van der Waals surface area contributed by atoms with Gasteiger partial charge < -0.3 is 5.73 Å². The van der Waals surface area contributed by atoms with E-state index in [2.05, 4.69) is 64.1 Å². The van der Waals surface area contributed by atoms with Crippen LogP contribution in [0.2, 0.25) is 0 Å². The van der Waals surface area contributed by atoms with Crippen LogP contribution in [0.25, 0.3) is 38.6 Å². The zero-order chi connectivity index (χ0) is 17.5. The van der Waals surface area contributed by atoms with Crippen LogP contribution in [0.1, 0.15) is 0 Å². The summed E-state index contributed by atoms with van der Waals surface area (Å²) in [6.07, 6.45) is 1.88. The van der Waals surface area contributed by atoms with Crippen LogP contribution in [0.4, 0.5) is 5.69 Å². The molecule has 0 saturated heterocycles. The molecule has 124 valence electrons. The summed E-state index contributed by atoms with van der Waals surface area (Å²) in [5, 5.41) is 2.35. The summed E-state index contributed by atoms with van der Waals surface area (Å²) in [6, 6.07) is 29.2. The van der Waals surface area contributed by atoms with E-state index in [-0.39, 0.29) is 0 Å². The molecule has 0 atom stereocenters. The Morgan fingerprint density at radius 2 is 1.50 bits per heavy atom. The third-order valence-electron chi connectivity index (χ3n) is 4.78. The average Bonchev–Trinajstić information content (AvgIpc) is 3.12. The van der Waals surface area contributed by atoms with Gasteiger partial charge in [-0.3, -0.25) is 4.57 Å². The first kappa shape index (κ1) is 14.7. The fourth-order valence-electron chi connectivity index (χ4n) is 3.44. The normalized spacial score (nSPS) is 11.2. The summed E-state index contributed by atoms with van der Waals surface area (Å²) >= 11 is 0. The fourth-order valence-corrected chi connectivity index (χ4v) is 3.44. The molecule has 0 spiro atoms. The van der Waals surface area contributed by atoms with Gasteiger partial charge in [0.1, 0.15) is 6.33 Å². The van der Waals surface area contributed by atoms with E-state index in [1.54, 1.807) is 0 Å². The van der Waals surface area contributed by atoms with Crippen LogP contribution in [-0.4, -0.2) is 9.55 Å². The number of nitrogens with zero attached hydrogens (tertiary/aromatic N) is 2. The lowest BCUT2D eigenvalue weighted by Gasteiger charge is -2.09. The molecular weight excluding hydrogens is 318 g/mol. The molecule has 3 nitrogen and oxygen atoms in total. The molecule has 5 aromatic rings. The van der Waals surface area contributed by atoms with E-state index in [1.165, 1.54) is 16.5 Å². The van der Waals surface area contributed by atoms with E-state index >= 15 is 0 Å². The summed E-state index contributed by atoms with van der Waals surface area (Å²) in [5.41, 5.74) is 12.3. The Kier molecular flexibility index (Phi) is 3.25. The van der Waals surface area contributed by atoms with E-state index in [9.17, 15) is 0 Å². The van der Waals surface area contributed by atoms with Crippen molar-refractivity contribution in [2.24, 2.45) is 0 Å². The first-order chi connectivity index (χ1) is 12.8. The third kappa shape index (κ3) is 2.42. The van der Waals surface area contributed by atoms with Gasteiger partial charge in [0.25, 0.3) is 0 Å². The summed E-state index contributed by atoms with van der Waals surface area (Å²) in [4.78, 5) is 4.50. The van der Waals surface area contributed by atoms with Gasteiger partial charge in [-0.25, -0.2) is 4.98 Å². The highest BCUT2D eigenvalue weighted by molar-refractivity contribution is 5.89. The number of fused-ring (bicyclic) bond motifs is 2. The maximum atomic E-state index is 5.88. The Hall–Kier alpha value is -3.59. The first-order valence-electron chi connectivity index (χ1n) is 8.60. The number of hydrogen-bond donors (Lipinski definition) is 1. The summed E-state index contributed by atoms with van der Waals surface area (Å²) < 4.78 is 2.13. The molecule has 0 fully saturated rings. The molecule has 0 amide bonds. The highest BCUT2D eigenvalue weighted by Crippen LogP contribution is 2.28. The maximum absolute atomic E-state index is 5.88. The molecular formula is C23H17N3. The fraction of sp³-hybridized carbons (Fsp3) is 0. The number of nitrogen functional groups attached to an aromatic ring is 1. The van der Waals surface area contributed by atoms with Crippen molar-refractivity contribution in [3.63, 3.8) is 0 Å². The molecule has 0 aliphatic carbocycles. The van der Waals surface area contributed by atoms with Crippen LogP contribution in [0.5, 0.6) is 0 Å². The van der Waals surface area contributed by atoms with Gasteiger partial charge in [-0.15, -0.1) is 0 Å². The second-order valence-electron chi connectivity index (χ2n) is 6.47. The molecule has 0 radical (unpaired) electrons. The summed E-state index contributed by atoms with van der Waals surface area (Å²) in [7, 11) is 0. The van der Waals surface area contributed by atoms with Gasteiger partial charge in [-0.1, -0.05) is 42.5 Å². The van der Waals surface area contributed by atoms with Crippen molar-refractivity contribution >= 4 is 27.5 Å². The predicted octanol–water partition coefficient (Wildman–Crippen LogP) is 5.43. The molecule has 4 aromatic carbocycles. The van der Waals surface area contributed by atoms with Crippen LogP contribution in [-0.2, 0) is 0 Å². The SMILES string of the molecule is Nc1ccc2cc(-c3cccc(-n4cnc5ccccc54)c3)ccc2c1. The zero-order valence-electron chi connectivity index (χ0n) is 14.1. The van der Waals surface area contributed by atoms with Crippen LogP contribution < -0.4 is 5.73 Å². The minimum absolute atomic E-state index is 0.791. The largest absolute Gasteiger partial charge is 0.399 e. The number of nitrogens with two attached hydrogens (primary N) is 1. The molecule has 2 N–H and O–H groups in total. The van der Waals surface area contributed by atoms with Gasteiger partial charge in [0.15, 0.2) is 0 Å². The van der Waals surface area contributed by atoms with Crippen LogP contribution in [0, 0.1) is 0 Å². The van der Waals surface area contributed by atoms with Crippen molar-refractivity contribution in [3.8, 4) is 16.8 Å². The molecule has 1 aromatic heterocycles.